The van der Waals surface area contributed by atoms with Crippen LogP contribution in [0.5, 0.6) is 0 Å². The second-order valence-corrected chi connectivity index (χ2v) is 15.0. The Morgan fingerprint density at radius 1 is 0.389 bits per heavy atom. The maximum Gasteiger partial charge on any atom is 0.0998 e. The number of anilines is 6. The van der Waals surface area contributed by atoms with E-state index in [0.29, 0.717) is 22.3 Å². The average Bonchev–Trinajstić information content (AvgIpc) is 3.23. The second-order valence-electron chi connectivity index (χ2n) is 12.9. The number of nitrogens with zero attached hydrogens (tertiary/aromatic N) is 4. The van der Waals surface area contributed by atoms with E-state index in [4.69, 9.17) is 0 Å². The summed E-state index contributed by atoms with van der Waals surface area (Å²) in [5.74, 6) is 0. The Morgan fingerprint density at radius 2 is 0.778 bits per heavy atom. The number of hydrogen-bond acceptors (Lipinski definition) is 6. The van der Waals surface area contributed by atoms with Gasteiger partial charge in [-0.3, -0.25) is 0 Å². The quantitative estimate of drug-likeness (QED) is 0.159. The van der Waals surface area contributed by atoms with Crippen molar-refractivity contribution >= 4 is 82.0 Å². The van der Waals surface area contributed by atoms with E-state index in [0.717, 1.165) is 55.0 Å². The van der Waals surface area contributed by atoms with Gasteiger partial charge in [0.25, 0.3) is 0 Å². The first-order chi connectivity index (χ1) is 26.7. The zero-order valence-electron chi connectivity index (χ0n) is 28.9. The maximum atomic E-state index is 10.2. The lowest BCUT2D eigenvalue weighted by Gasteiger charge is -2.33. The predicted molar refractivity (Wildman–Crippen MR) is 224 cm³/mol. The van der Waals surface area contributed by atoms with Crippen molar-refractivity contribution in [1.82, 2.24) is 0 Å². The SMILES string of the molecule is N#Cc1cc(/C=C/c2ccc3c(c2)Sc2ccccc2N3c2ccccc2)c(C#N)cc1/C=C/c1ccc2c(c1)Sc1ccccc1N2c1ccccc1. The van der Waals surface area contributed by atoms with Gasteiger partial charge < -0.3 is 9.80 Å². The van der Waals surface area contributed by atoms with Crippen molar-refractivity contribution < 1.29 is 0 Å². The fraction of sp³-hybridized carbons (Fsp3) is 0. The van der Waals surface area contributed by atoms with Crippen LogP contribution >= 0.6 is 23.5 Å². The van der Waals surface area contributed by atoms with Gasteiger partial charge >= 0.3 is 0 Å². The van der Waals surface area contributed by atoms with Crippen molar-refractivity contribution in [2.75, 3.05) is 9.80 Å². The highest BCUT2D eigenvalue weighted by Crippen LogP contribution is 2.53. The van der Waals surface area contributed by atoms with Crippen LogP contribution < -0.4 is 9.80 Å². The minimum Gasteiger partial charge on any atom is -0.308 e. The Bertz CT molecular complexity index is 2520. The molecular weight excluding hydrogens is 697 g/mol. The largest absolute Gasteiger partial charge is 0.308 e. The first-order valence-electron chi connectivity index (χ1n) is 17.5. The van der Waals surface area contributed by atoms with Gasteiger partial charge in [0.05, 0.1) is 46.0 Å². The molecule has 0 saturated carbocycles. The van der Waals surface area contributed by atoms with Crippen molar-refractivity contribution in [2.45, 2.75) is 19.6 Å². The molecule has 0 bridgehead atoms. The number of rotatable bonds is 6. The lowest BCUT2D eigenvalue weighted by Crippen LogP contribution is -2.14. The van der Waals surface area contributed by atoms with E-state index in [9.17, 15) is 10.5 Å². The minimum absolute atomic E-state index is 0.512. The summed E-state index contributed by atoms with van der Waals surface area (Å²) in [6, 6.07) is 59.0. The zero-order valence-corrected chi connectivity index (χ0v) is 30.6. The molecule has 2 aliphatic rings. The van der Waals surface area contributed by atoms with Gasteiger partial charge in [0.1, 0.15) is 0 Å². The van der Waals surface area contributed by atoms with Gasteiger partial charge in [-0.25, -0.2) is 0 Å². The van der Waals surface area contributed by atoms with E-state index in [1.165, 1.54) is 9.79 Å². The van der Waals surface area contributed by atoms with Crippen LogP contribution in [-0.4, -0.2) is 0 Å². The van der Waals surface area contributed by atoms with E-state index in [-0.39, 0.29) is 0 Å². The predicted octanol–water partition coefficient (Wildman–Crippen LogP) is 13.6. The minimum atomic E-state index is 0.512. The van der Waals surface area contributed by atoms with Crippen LogP contribution in [0.3, 0.4) is 0 Å². The first kappa shape index (κ1) is 33.2. The smallest absolute Gasteiger partial charge is 0.0998 e. The molecule has 254 valence electrons. The highest BCUT2D eigenvalue weighted by atomic mass is 32.2. The molecule has 7 aromatic rings. The highest BCUT2D eigenvalue weighted by Gasteiger charge is 2.26. The van der Waals surface area contributed by atoms with Crippen LogP contribution in [0.15, 0.2) is 177 Å². The van der Waals surface area contributed by atoms with Gasteiger partial charge in [-0.15, -0.1) is 0 Å². The van der Waals surface area contributed by atoms with E-state index >= 15 is 0 Å². The molecule has 0 atom stereocenters. The number of hydrogen-bond donors (Lipinski definition) is 0. The molecule has 2 heterocycles. The van der Waals surface area contributed by atoms with Crippen LogP contribution in [0.25, 0.3) is 24.3 Å². The normalized spacial score (nSPS) is 12.8. The topological polar surface area (TPSA) is 54.1 Å². The van der Waals surface area contributed by atoms with Gasteiger partial charge in [-0.05, 0) is 107 Å². The fourth-order valence-electron chi connectivity index (χ4n) is 6.94. The van der Waals surface area contributed by atoms with Crippen LogP contribution in [0.4, 0.5) is 34.1 Å². The third-order valence-electron chi connectivity index (χ3n) is 9.50. The number of fused-ring (bicyclic) bond motifs is 4. The summed E-state index contributed by atoms with van der Waals surface area (Å²) in [6.07, 6.45) is 7.90. The zero-order chi connectivity index (χ0) is 36.4. The summed E-state index contributed by atoms with van der Waals surface area (Å²) < 4.78 is 0. The number of para-hydroxylation sites is 4. The van der Waals surface area contributed by atoms with Crippen LogP contribution in [-0.2, 0) is 0 Å². The van der Waals surface area contributed by atoms with E-state index in [1.807, 2.05) is 48.6 Å². The van der Waals surface area contributed by atoms with Crippen molar-refractivity contribution in [2.24, 2.45) is 0 Å². The lowest BCUT2D eigenvalue weighted by atomic mass is 9.97. The Hall–Kier alpha value is -6.70. The monoisotopic (exact) mass is 726 g/mol. The van der Waals surface area contributed by atoms with E-state index < -0.39 is 0 Å². The van der Waals surface area contributed by atoms with Crippen LogP contribution in [0.1, 0.15) is 33.4 Å². The van der Waals surface area contributed by atoms with Crippen LogP contribution in [0.2, 0.25) is 0 Å². The Kier molecular flexibility index (Phi) is 8.83. The molecule has 4 nitrogen and oxygen atoms in total. The molecule has 0 N–H and O–H groups in total. The van der Waals surface area contributed by atoms with E-state index in [2.05, 4.69) is 155 Å². The molecule has 9 rings (SSSR count). The number of benzene rings is 7. The molecule has 0 aliphatic carbocycles. The molecule has 0 saturated heterocycles. The molecule has 2 aliphatic heterocycles. The molecule has 0 amide bonds. The van der Waals surface area contributed by atoms with Gasteiger partial charge in [0, 0.05) is 31.0 Å². The maximum absolute atomic E-state index is 10.2. The molecule has 0 aromatic heterocycles. The molecule has 54 heavy (non-hydrogen) atoms. The second kappa shape index (κ2) is 14.4. The molecule has 0 fully saturated rings. The van der Waals surface area contributed by atoms with Crippen molar-refractivity contribution in [1.29, 1.82) is 10.5 Å². The van der Waals surface area contributed by atoms with Gasteiger partial charge in [0.2, 0.25) is 0 Å². The van der Waals surface area contributed by atoms with Crippen molar-refractivity contribution in [3.63, 3.8) is 0 Å². The lowest BCUT2D eigenvalue weighted by molar-refractivity contribution is 1.16. The Labute approximate surface area is 323 Å². The third-order valence-corrected chi connectivity index (χ3v) is 11.7. The standard InChI is InChI=1S/C48H30N4S2/c49-31-37-30-36(24-20-34-22-26-44-48(28-34)54-46-18-10-8-16-42(46)52(44)40-13-5-2-6-14-40)38(32-50)29-35(37)23-19-33-21-25-43-47(27-33)53-45-17-9-7-15-41(45)51(43)39-11-3-1-4-12-39/h1-30H/b23-19+,24-20+. The van der Waals surface area contributed by atoms with Gasteiger partial charge in [-0.1, -0.05) is 121 Å². The van der Waals surface area contributed by atoms with Crippen molar-refractivity contribution in [3.8, 4) is 12.1 Å². The van der Waals surface area contributed by atoms with Crippen LogP contribution in [0, 0.1) is 22.7 Å². The Morgan fingerprint density at radius 3 is 1.20 bits per heavy atom. The molecule has 7 aromatic carbocycles. The van der Waals surface area contributed by atoms with E-state index in [1.54, 1.807) is 23.5 Å². The summed E-state index contributed by atoms with van der Waals surface area (Å²) in [7, 11) is 0. The molecule has 6 heteroatoms. The summed E-state index contributed by atoms with van der Waals surface area (Å²) in [4.78, 5) is 9.28. The van der Waals surface area contributed by atoms with Gasteiger partial charge in [-0.2, -0.15) is 10.5 Å². The number of nitriles is 2. The molecule has 0 spiro atoms. The Balaban J connectivity index is 0.996. The fourth-order valence-corrected chi connectivity index (χ4v) is 9.15. The summed E-state index contributed by atoms with van der Waals surface area (Å²) in [5, 5.41) is 20.4. The first-order valence-corrected chi connectivity index (χ1v) is 19.2. The summed E-state index contributed by atoms with van der Waals surface area (Å²) >= 11 is 3.51. The third kappa shape index (κ3) is 6.25. The molecule has 0 radical (unpaired) electrons. The summed E-state index contributed by atoms with van der Waals surface area (Å²) in [6.45, 7) is 0. The highest BCUT2D eigenvalue weighted by molar-refractivity contribution is 8.00. The van der Waals surface area contributed by atoms with Gasteiger partial charge in [0.15, 0.2) is 0 Å². The summed E-state index contributed by atoms with van der Waals surface area (Å²) in [5.41, 5.74) is 11.2. The molecule has 0 unspecified atom stereocenters. The molecular formula is C48H30N4S2. The van der Waals surface area contributed by atoms with Crippen molar-refractivity contribution in [3.05, 3.63) is 191 Å². The average molecular weight is 727 g/mol.